The van der Waals surface area contributed by atoms with Gasteiger partial charge in [-0.3, -0.25) is 0 Å². The smallest absolute Gasteiger partial charge is 0.00986 e. The van der Waals surface area contributed by atoms with Gasteiger partial charge in [-0.25, -0.2) is 0 Å². The molecular formula is C28H16. The average Bonchev–Trinajstić information content (AvgIpc) is 3.25. The molecule has 0 aromatic heterocycles. The lowest BCUT2D eigenvalue weighted by Gasteiger charge is -1.98. The van der Waals surface area contributed by atoms with E-state index in [0.29, 0.717) is 0 Å². The minimum Gasteiger partial charge on any atom is -0.0616 e. The van der Waals surface area contributed by atoms with Crippen molar-refractivity contribution >= 4 is 33.7 Å². The highest BCUT2D eigenvalue weighted by molar-refractivity contribution is 5.85. The van der Waals surface area contributed by atoms with Gasteiger partial charge in [-0.1, -0.05) is 48.5 Å². The zero-order chi connectivity index (χ0) is 18.2. The molecule has 0 aliphatic heterocycles. The van der Waals surface area contributed by atoms with E-state index in [2.05, 4.69) is 97.1 Å². The maximum Gasteiger partial charge on any atom is -0.00986 e. The van der Waals surface area contributed by atoms with Crippen molar-refractivity contribution in [1.29, 1.82) is 0 Å². The van der Waals surface area contributed by atoms with Gasteiger partial charge in [-0.2, -0.15) is 0 Å². The molecule has 0 heteroatoms. The fraction of sp³-hybridized carbons (Fsp3) is 0. The van der Waals surface area contributed by atoms with Crippen molar-refractivity contribution in [1.82, 2.24) is 0 Å². The average molecular weight is 352 g/mol. The molecule has 5 aromatic carbocycles. The molecule has 2 aliphatic carbocycles. The molecule has 0 saturated carbocycles. The minimum atomic E-state index is 1.31. The second-order valence-corrected chi connectivity index (χ2v) is 7.89. The third-order valence-corrected chi connectivity index (χ3v) is 6.26. The predicted molar refractivity (Wildman–Crippen MR) is 116 cm³/mol. The number of hydrogen-bond acceptors (Lipinski definition) is 0. The number of benzene rings is 5. The summed E-state index contributed by atoms with van der Waals surface area (Å²) < 4.78 is 0. The summed E-state index contributed by atoms with van der Waals surface area (Å²) in [6, 6.07) is 31.3. The van der Waals surface area contributed by atoms with Crippen molar-refractivity contribution in [3.8, 4) is 0 Å². The molecular weight excluding hydrogens is 336 g/mol. The molecule has 0 unspecified atom stereocenters. The summed E-state index contributed by atoms with van der Waals surface area (Å²) >= 11 is 0. The van der Waals surface area contributed by atoms with Crippen molar-refractivity contribution < 1.29 is 0 Å². The van der Waals surface area contributed by atoms with Crippen LogP contribution in [0.2, 0.25) is 0 Å². The standard InChI is InChI=1S/C28H16/c1-3-7-19-13-25-21(9-17(19)5-1)11-23-15-28-24(16-27(23)25)12-22-10-18-6-2-4-8-20(18)14-26(22)28/h1-16H. The van der Waals surface area contributed by atoms with Crippen LogP contribution in [0.3, 0.4) is 0 Å². The lowest BCUT2D eigenvalue weighted by Crippen LogP contribution is -1.99. The van der Waals surface area contributed by atoms with Gasteiger partial charge in [0.15, 0.2) is 0 Å². The van der Waals surface area contributed by atoms with Crippen LogP contribution in [-0.2, 0) is 0 Å². The summed E-state index contributed by atoms with van der Waals surface area (Å²) in [5.41, 5.74) is 2.66. The number of fused-ring (bicyclic) bond motifs is 6. The maximum absolute atomic E-state index is 2.38. The molecule has 28 heavy (non-hydrogen) atoms. The Balaban J connectivity index is 1.64. The second kappa shape index (κ2) is 4.99. The first-order valence-electron chi connectivity index (χ1n) is 9.77. The van der Waals surface area contributed by atoms with Crippen LogP contribution in [0.15, 0.2) is 84.9 Å². The summed E-state index contributed by atoms with van der Waals surface area (Å²) in [5.74, 6) is 0. The predicted octanol–water partition coefficient (Wildman–Crippen LogP) is 4.85. The van der Waals surface area contributed by atoms with E-state index in [9.17, 15) is 0 Å². The van der Waals surface area contributed by atoms with Gasteiger partial charge < -0.3 is 0 Å². The van der Waals surface area contributed by atoms with Crippen LogP contribution in [0, 0.1) is 20.9 Å². The zero-order valence-corrected chi connectivity index (χ0v) is 15.2. The van der Waals surface area contributed by atoms with Gasteiger partial charge in [0.05, 0.1) is 0 Å². The highest BCUT2D eigenvalue weighted by Crippen LogP contribution is 2.22. The van der Waals surface area contributed by atoms with E-state index < -0.39 is 0 Å². The van der Waals surface area contributed by atoms with Crippen molar-refractivity contribution in [2.45, 2.75) is 0 Å². The highest BCUT2D eigenvalue weighted by atomic mass is 14.1. The van der Waals surface area contributed by atoms with Crippen LogP contribution in [0.5, 0.6) is 0 Å². The summed E-state index contributed by atoms with van der Waals surface area (Å²) in [7, 11) is 0. The third-order valence-electron chi connectivity index (χ3n) is 6.26. The Morgan fingerprint density at radius 3 is 1.18 bits per heavy atom. The van der Waals surface area contributed by atoms with Crippen LogP contribution < -0.4 is 10.4 Å². The van der Waals surface area contributed by atoms with Crippen LogP contribution in [0.25, 0.3) is 33.7 Å². The van der Waals surface area contributed by atoms with Crippen molar-refractivity contribution in [2.24, 2.45) is 0 Å². The van der Waals surface area contributed by atoms with Crippen molar-refractivity contribution in [2.75, 3.05) is 0 Å². The quantitative estimate of drug-likeness (QED) is 0.366. The molecule has 2 aliphatic rings. The number of hydrogen-bond donors (Lipinski definition) is 0. The topological polar surface area (TPSA) is 0 Å². The van der Waals surface area contributed by atoms with Crippen LogP contribution in [0.4, 0.5) is 0 Å². The van der Waals surface area contributed by atoms with Crippen molar-refractivity contribution in [3.05, 3.63) is 127 Å². The summed E-state index contributed by atoms with van der Waals surface area (Å²) in [4.78, 5) is 0. The highest BCUT2D eigenvalue weighted by Gasteiger charge is 2.10. The van der Waals surface area contributed by atoms with E-state index in [-0.39, 0.29) is 0 Å². The van der Waals surface area contributed by atoms with E-state index in [4.69, 9.17) is 0 Å². The molecule has 7 rings (SSSR count). The van der Waals surface area contributed by atoms with E-state index >= 15 is 0 Å². The lowest BCUT2D eigenvalue weighted by atomic mass is 10.1. The molecule has 0 radical (unpaired) electrons. The molecule has 0 N–H and O–H groups in total. The van der Waals surface area contributed by atoms with Gasteiger partial charge in [0.2, 0.25) is 0 Å². The first kappa shape index (κ1) is 14.4. The van der Waals surface area contributed by atoms with E-state index in [0.717, 1.165) is 0 Å². The largest absolute Gasteiger partial charge is 0.0616 e. The van der Waals surface area contributed by atoms with Gasteiger partial charge in [-0.05, 0) is 113 Å². The molecule has 0 bridgehead atoms. The lowest BCUT2D eigenvalue weighted by molar-refractivity contribution is 1.44. The Morgan fingerprint density at radius 2 is 0.750 bits per heavy atom. The summed E-state index contributed by atoms with van der Waals surface area (Å²) in [5, 5.41) is 13.3. The minimum absolute atomic E-state index is 1.31. The molecule has 0 nitrogen and oxygen atoms in total. The molecule has 0 saturated heterocycles. The Bertz CT molecular complexity index is 1670. The van der Waals surface area contributed by atoms with Crippen LogP contribution >= 0.6 is 0 Å². The first-order chi connectivity index (χ1) is 13.8. The zero-order valence-electron chi connectivity index (χ0n) is 15.2. The second-order valence-electron chi connectivity index (χ2n) is 7.89. The summed E-state index contributed by atoms with van der Waals surface area (Å²) in [6.07, 6.45) is 4.69. The molecule has 5 aromatic rings. The number of rotatable bonds is 0. The molecule has 0 spiro atoms. The Labute approximate surface area is 161 Å². The molecule has 128 valence electrons. The SMILES string of the molecule is C1=c2cc3ccccc3cc2=c2cc3c(cc21)=c1cc2ccccc2cc1=C3. The van der Waals surface area contributed by atoms with E-state index in [1.165, 1.54) is 64.0 Å². The normalized spacial score (nSPS) is 12.9. The van der Waals surface area contributed by atoms with E-state index in [1.807, 2.05) is 0 Å². The van der Waals surface area contributed by atoms with Gasteiger partial charge in [-0.15, -0.1) is 0 Å². The molecule has 0 atom stereocenters. The summed E-state index contributed by atoms with van der Waals surface area (Å²) in [6.45, 7) is 0. The fourth-order valence-electron chi connectivity index (χ4n) is 4.89. The molecule has 0 amide bonds. The monoisotopic (exact) mass is 352 g/mol. The fourth-order valence-corrected chi connectivity index (χ4v) is 4.89. The Kier molecular flexibility index (Phi) is 2.57. The Morgan fingerprint density at radius 1 is 0.357 bits per heavy atom. The van der Waals surface area contributed by atoms with Gasteiger partial charge in [0.1, 0.15) is 0 Å². The van der Waals surface area contributed by atoms with Gasteiger partial charge >= 0.3 is 0 Å². The molecule has 0 heterocycles. The maximum atomic E-state index is 2.38. The third kappa shape index (κ3) is 1.84. The Hall–Kier alpha value is -3.64. The van der Waals surface area contributed by atoms with Crippen LogP contribution in [0.1, 0.15) is 11.1 Å². The molecule has 0 fully saturated rings. The first-order valence-corrected chi connectivity index (χ1v) is 9.77. The van der Waals surface area contributed by atoms with E-state index in [1.54, 1.807) is 0 Å². The van der Waals surface area contributed by atoms with Crippen LogP contribution in [-0.4, -0.2) is 0 Å². The van der Waals surface area contributed by atoms with Gasteiger partial charge in [0, 0.05) is 0 Å². The van der Waals surface area contributed by atoms with Crippen molar-refractivity contribution in [3.63, 3.8) is 0 Å². The van der Waals surface area contributed by atoms with Gasteiger partial charge in [0.25, 0.3) is 0 Å².